The number of benzene rings is 2. The monoisotopic (exact) mass is 689 g/mol. The van der Waals surface area contributed by atoms with Gasteiger partial charge in [-0.15, -0.1) is 0 Å². The molecule has 0 spiro atoms. The van der Waals surface area contributed by atoms with E-state index in [-0.39, 0.29) is 57.2 Å². The molecule has 11 nitrogen and oxygen atoms in total. The van der Waals surface area contributed by atoms with Gasteiger partial charge in [0.15, 0.2) is 5.75 Å². The van der Waals surface area contributed by atoms with Crippen molar-refractivity contribution in [1.29, 1.82) is 0 Å². The molecule has 3 amide bonds. The Morgan fingerprint density at radius 1 is 1.04 bits per heavy atom. The Kier molecular flexibility index (Phi) is 11.1. The smallest absolute Gasteiger partial charge is 0.407 e. The largest absolute Gasteiger partial charge is 0.487 e. The molecule has 2 aliphatic rings. The third-order valence-corrected chi connectivity index (χ3v) is 8.47. The minimum absolute atomic E-state index is 0.0417. The second-order valence-corrected chi connectivity index (χ2v) is 12.2. The van der Waals surface area contributed by atoms with Gasteiger partial charge in [0, 0.05) is 36.8 Å². The summed E-state index contributed by atoms with van der Waals surface area (Å²) in [6.07, 6.45) is 2.70. The molecule has 46 heavy (non-hydrogen) atoms. The summed E-state index contributed by atoms with van der Waals surface area (Å²) in [5, 5.41) is 7.06. The van der Waals surface area contributed by atoms with Crippen LogP contribution in [-0.4, -0.2) is 73.3 Å². The number of methoxy groups -OCH3 is 1. The zero-order chi connectivity index (χ0) is 32.8. The SMILES string of the molecule is COC(=O)NCc1ccc(Cl)c(CN(C(=O)[C@H]2CNCC(=O)N2c2ccc(OCCOc3c(Cl)cc(C)cc3Cl)nc2)C2CC2)c1. The number of carbonyl (C=O) groups is 3. The van der Waals surface area contributed by atoms with E-state index in [0.717, 1.165) is 29.5 Å². The van der Waals surface area contributed by atoms with E-state index in [1.54, 1.807) is 41.3 Å². The lowest BCUT2D eigenvalue weighted by Crippen LogP contribution is -2.61. The Hall–Kier alpha value is -3.77. The van der Waals surface area contributed by atoms with Gasteiger partial charge in [-0.3, -0.25) is 14.5 Å². The third-order valence-electron chi connectivity index (χ3n) is 7.54. The zero-order valence-corrected chi connectivity index (χ0v) is 27.6. The Morgan fingerprint density at radius 2 is 1.78 bits per heavy atom. The number of nitrogens with one attached hydrogen (secondary N) is 2. The molecule has 0 bridgehead atoms. The van der Waals surface area contributed by atoms with Crippen LogP contribution in [0.4, 0.5) is 10.5 Å². The van der Waals surface area contributed by atoms with Gasteiger partial charge in [0.2, 0.25) is 17.7 Å². The summed E-state index contributed by atoms with van der Waals surface area (Å²) >= 11 is 19.0. The van der Waals surface area contributed by atoms with Gasteiger partial charge in [-0.2, -0.15) is 0 Å². The molecule has 2 fully saturated rings. The van der Waals surface area contributed by atoms with E-state index >= 15 is 0 Å². The normalized spacial score (nSPS) is 16.2. The molecular weight excluding hydrogens is 657 g/mol. The van der Waals surface area contributed by atoms with Crippen molar-refractivity contribution in [3.63, 3.8) is 0 Å². The molecule has 2 aromatic carbocycles. The molecule has 1 aliphatic heterocycles. The van der Waals surface area contributed by atoms with Crippen molar-refractivity contribution < 1.29 is 28.6 Å². The van der Waals surface area contributed by atoms with Crippen LogP contribution in [0.25, 0.3) is 0 Å². The van der Waals surface area contributed by atoms with Crippen LogP contribution in [0.1, 0.15) is 29.5 Å². The van der Waals surface area contributed by atoms with Crippen LogP contribution in [0.3, 0.4) is 0 Å². The number of anilines is 1. The summed E-state index contributed by atoms with van der Waals surface area (Å²) in [5.41, 5.74) is 2.96. The van der Waals surface area contributed by atoms with Gasteiger partial charge in [0.1, 0.15) is 19.3 Å². The highest BCUT2D eigenvalue weighted by Crippen LogP contribution is 2.34. The predicted octanol–water partition coefficient (Wildman–Crippen LogP) is 5.16. The minimum Gasteiger partial charge on any atom is -0.487 e. The number of alkyl carbamates (subject to hydrolysis) is 1. The number of pyridine rings is 1. The maximum Gasteiger partial charge on any atom is 0.407 e. The van der Waals surface area contributed by atoms with E-state index in [2.05, 4.69) is 20.4 Å². The van der Waals surface area contributed by atoms with Crippen molar-refractivity contribution in [3.8, 4) is 11.6 Å². The molecule has 2 heterocycles. The molecule has 0 unspecified atom stereocenters. The standard InChI is InChI=1S/C32H34Cl3N5O6/c1-19-11-25(34)30(26(35)12-19)46-10-9-45-28-8-6-23(15-37-28)40-27(16-36-17-29(40)41)31(42)39(22-4-5-22)18-21-13-20(3-7-24(21)33)14-38-32(43)44-2/h3,6-8,11-13,15,22,27,36H,4-5,9-10,14,16-18H2,1-2H3,(H,38,43)/t27-/m1/s1. The quantitative estimate of drug-likeness (QED) is 0.250. The van der Waals surface area contributed by atoms with E-state index in [9.17, 15) is 14.4 Å². The lowest BCUT2D eigenvalue weighted by molar-refractivity contribution is -0.136. The maximum atomic E-state index is 14.1. The molecule has 1 saturated carbocycles. The number of rotatable bonds is 12. The number of aromatic nitrogens is 1. The number of ether oxygens (including phenoxy) is 3. The summed E-state index contributed by atoms with van der Waals surface area (Å²) < 4.78 is 16.1. The first-order valence-electron chi connectivity index (χ1n) is 14.7. The van der Waals surface area contributed by atoms with Crippen LogP contribution >= 0.6 is 34.8 Å². The van der Waals surface area contributed by atoms with Gasteiger partial charge in [0.05, 0.1) is 35.6 Å². The first kappa shape index (κ1) is 33.6. The van der Waals surface area contributed by atoms with E-state index < -0.39 is 12.1 Å². The van der Waals surface area contributed by atoms with E-state index in [1.165, 1.54) is 18.2 Å². The van der Waals surface area contributed by atoms with Crippen LogP contribution in [-0.2, 0) is 27.4 Å². The van der Waals surface area contributed by atoms with Crippen LogP contribution < -0.4 is 25.0 Å². The van der Waals surface area contributed by atoms with Crippen LogP contribution in [0.15, 0.2) is 48.7 Å². The number of hydrogen-bond donors (Lipinski definition) is 2. The van der Waals surface area contributed by atoms with Crippen LogP contribution in [0, 0.1) is 6.92 Å². The van der Waals surface area contributed by atoms with Gasteiger partial charge in [-0.05, 0) is 60.7 Å². The topological polar surface area (TPSA) is 122 Å². The number of nitrogens with zero attached hydrogens (tertiary/aromatic N) is 3. The van der Waals surface area contributed by atoms with Crippen molar-refractivity contribution in [1.82, 2.24) is 20.5 Å². The van der Waals surface area contributed by atoms with Gasteiger partial charge in [-0.25, -0.2) is 9.78 Å². The van der Waals surface area contributed by atoms with Crippen molar-refractivity contribution in [2.75, 3.05) is 38.3 Å². The average Bonchev–Trinajstić information content (AvgIpc) is 3.88. The molecule has 244 valence electrons. The number of carbonyl (C=O) groups excluding carboxylic acids is 3. The number of aryl methyl sites for hydroxylation is 1. The lowest BCUT2D eigenvalue weighted by atomic mass is 10.1. The highest BCUT2D eigenvalue weighted by molar-refractivity contribution is 6.37. The predicted molar refractivity (Wildman–Crippen MR) is 175 cm³/mol. The first-order chi connectivity index (χ1) is 22.1. The fraction of sp³-hybridized carbons (Fsp3) is 0.375. The molecule has 0 radical (unpaired) electrons. The summed E-state index contributed by atoms with van der Waals surface area (Å²) in [6.45, 7) is 3.14. The van der Waals surface area contributed by atoms with Crippen LogP contribution in [0.2, 0.25) is 15.1 Å². The molecular formula is C32H34Cl3N5O6. The van der Waals surface area contributed by atoms with Crippen LogP contribution in [0.5, 0.6) is 11.6 Å². The maximum absolute atomic E-state index is 14.1. The molecule has 2 N–H and O–H groups in total. The molecule has 1 atom stereocenters. The van der Waals surface area contributed by atoms with Gasteiger partial charge in [-0.1, -0.05) is 46.9 Å². The summed E-state index contributed by atoms with van der Waals surface area (Å²) in [7, 11) is 1.30. The van der Waals surface area contributed by atoms with E-state index in [1.807, 2.05) is 13.0 Å². The van der Waals surface area contributed by atoms with Gasteiger partial charge < -0.3 is 29.7 Å². The Balaban J connectivity index is 1.24. The molecule has 3 aromatic rings. The van der Waals surface area contributed by atoms with Crippen molar-refractivity contribution in [2.24, 2.45) is 0 Å². The van der Waals surface area contributed by atoms with Gasteiger partial charge >= 0.3 is 6.09 Å². The second kappa shape index (κ2) is 15.2. The Morgan fingerprint density at radius 3 is 2.46 bits per heavy atom. The van der Waals surface area contributed by atoms with E-state index in [4.69, 9.17) is 44.3 Å². The highest BCUT2D eigenvalue weighted by atomic mass is 35.5. The summed E-state index contributed by atoms with van der Waals surface area (Å²) in [6, 6.07) is 11.6. The molecule has 5 rings (SSSR count). The molecule has 1 aromatic heterocycles. The Labute approximate surface area is 282 Å². The summed E-state index contributed by atoms with van der Waals surface area (Å²) in [4.78, 5) is 46.4. The molecule has 14 heteroatoms. The number of halogens is 3. The summed E-state index contributed by atoms with van der Waals surface area (Å²) in [5.74, 6) is 0.280. The third kappa shape index (κ3) is 8.33. The van der Waals surface area contributed by atoms with Gasteiger partial charge in [0.25, 0.3) is 0 Å². The number of piperazine rings is 1. The zero-order valence-electron chi connectivity index (χ0n) is 25.4. The van der Waals surface area contributed by atoms with Crippen molar-refractivity contribution in [2.45, 2.75) is 44.9 Å². The average molecular weight is 691 g/mol. The first-order valence-corrected chi connectivity index (χ1v) is 15.9. The highest BCUT2D eigenvalue weighted by Gasteiger charge is 2.41. The minimum atomic E-state index is -0.782. The van der Waals surface area contributed by atoms with Crippen molar-refractivity contribution in [3.05, 3.63) is 80.4 Å². The van der Waals surface area contributed by atoms with E-state index in [0.29, 0.717) is 32.4 Å². The second-order valence-electron chi connectivity index (χ2n) is 11.0. The lowest BCUT2D eigenvalue weighted by Gasteiger charge is -2.38. The number of hydrogen-bond acceptors (Lipinski definition) is 8. The Bertz CT molecular complexity index is 1560. The number of amides is 3. The molecule has 1 aliphatic carbocycles. The fourth-order valence-corrected chi connectivity index (χ4v) is 6.04. The van der Waals surface area contributed by atoms with Crippen molar-refractivity contribution >= 4 is 58.4 Å². The fourth-order valence-electron chi connectivity index (χ4n) is 5.16. The molecule has 1 saturated heterocycles.